The van der Waals surface area contributed by atoms with Gasteiger partial charge in [0.1, 0.15) is 6.61 Å². The van der Waals surface area contributed by atoms with Gasteiger partial charge >= 0.3 is 5.97 Å². The van der Waals surface area contributed by atoms with Gasteiger partial charge in [-0.3, -0.25) is 4.79 Å². The van der Waals surface area contributed by atoms with Gasteiger partial charge in [0.05, 0.1) is 12.0 Å². The molecule has 4 heteroatoms. The second-order valence-electron chi connectivity index (χ2n) is 3.50. The topological polar surface area (TPSA) is 50.1 Å². The Labute approximate surface area is 103 Å². The van der Waals surface area contributed by atoms with Crippen LogP contribution in [0.3, 0.4) is 0 Å². The van der Waals surface area contributed by atoms with Gasteiger partial charge in [-0.2, -0.15) is 5.26 Å². The zero-order valence-electron chi connectivity index (χ0n) is 8.94. The van der Waals surface area contributed by atoms with Gasteiger partial charge in [0.25, 0.3) is 0 Å². The van der Waals surface area contributed by atoms with Crippen LogP contribution in [0.25, 0.3) is 0 Å². The van der Waals surface area contributed by atoms with Crippen LogP contribution in [0.15, 0.2) is 28.7 Å². The van der Waals surface area contributed by atoms with Gasteiger partial charge in [0, 0.05) is 10.9 Å². The van der Waals surface area contributed by atoms with E-state index in [2.05, 4.69) is 15.9 Å². The van der Waals surface area contributed by atoms with Crippen LogP contribution in [0.2, 0.25) is 0 Å². The standard InChI is InChI=1S/C12H12BrNO2/c1-9(5-6-14)12(15)16-8-10-3-2-4-11(13)7-10/h2-4,7,9H,5,8H2,1H3. The van der Waals surface area contributed by atoms with E-state index in [0.29, 0.717) is 0 Å². The summed E-state index contributed by atoms with van der Waals surface area (Å²) in [6.07, 6.45) is 0.192. The molecule has 3 nitrogen and oxygen atoms in total. The van der Waals surface area contributed by atoms with Gasteiger partial charge in [-0.05, 0) is 17.7 Å². The van der Waals surface area contributed by atoms with Crippen LogP contribution in [0.4, 0.5) is 0 Å². The third-order valence-electron chi connectivity index (χ3n) is 2.07. The molecule has 0 aliphatic heterocycles. The van der Waals surface area contributed by atoms with Crippen molar-refractivity contribution >= 4 is 21.9 Å². The number of hydrogen-bond donors (Lipinski definition) is 0. The first-order valence-corrected chi connectivity index (χ1v) is 5.71. The number of carbonyl (C=O) groups excluding carboxylic acids is 1. The minimum absolute atomic E-state index is 0.192. The molecule has 0 saturated heterocycles. The Morgan fingerprint density at radius 1 is 1.62 bits per heavy atom. The second kappa shape index (κ2) is 6.29. The predicted octanol–water partition coefficient (Wildman–Crippen LogP) is 3.04. The molecule has 0 aliphatic rings. The maximum atomic E-state index is 11.4. The Morgan fingerprint density at radius 3 is 3.00 bits per heavy atom. The predicted molar refractivity (Wildman–Crippen MR) is 63.3 cm³/mol. The summed E-state index contributed by atoms with van der Waals surface area (Å²) in [4.78, 5) is 11.4. The first-order valence-electron chi connectivity index (χ1n) is 4.91. The van der Waals surface area contributed by atoms with Gasteiger partial charge in [-0.15, -0.1) is 0 Å². The van der Waals surface area contributed by atoms with Crippen LogP contribution in [-0.4, -0.2) is 5.97 Å². The van der Waals surface area contributed by atoms with E-state index in [-0.39, 0.29) is 24.9 Å². The quantitative estimate of drug-likeness (QED) is 0.797. The van der Waals surface area contributed by atoms with Crippen molar-refractivity contribution in [2.24, 2.45) is 5.92 Å². The van der Waals surface area contributed by atoms with Crippen LogP contribution in [0.1, 0.15) is 18.9 Å². The van der Waals surface area contributed by atoms with Crippen molar-refractivity contribution in [2.75, 3.05) is 0 Å². The Balaban J connectivity index is 2.46. The van der Waals surface area contributed by atoms with Crippen LogP contribution >= 0.6 is 15.9 Å². The molecule has 0 radical (unpaired) electrons. The fourth-order valence-corrected chi connectivity index (χ4v) is 1.59. The first kappa shape index (κ1) is 12.7. The molecule has 0 heterocycles. The lowest BCUT2D eigenvalue weighted by atomic mass is 10.1. The zero-order valence-corrected chi connectivity index (χ0v) is 10.5. The number of esters is 1. The van der Waals surface area contributed by atoms with E-state index in [1.807, 2.05) is 30.3 Å². The Kier molecular flexibility index (Phi) is 5.00. The maximum Gasteiger partial charge on any atom is 0.310 e. The normalized spacial score (nSPS) is 11.6. The Hall–Kier alpha value is -1.34. The first-order chi connectivity index (χ1) is 7.63. The van der Waals surface area contributed by atoms with Crippen molar-refractivity contribution in [3.8, 4) is 6.07 Å². The number of nitriles is 1. The van der Waals surface area contributed by atoms with E-state index in [1.54, 1.807) is 6.92 Å². The molecule has 1 rings (SSSR count). The number of halogens is 1. The van der Waals surface area contributed by atoms with Crippen molar-refractivity contribution in [3.63, 3.8) is 0 Å². The smallest absolute Gasteiger partial charge is 0.310 e. The summed E-state index contributed by atoms with van der Waals surface area (Å²) in [5.41, 5.74) is 0.923. The number of ether oxygens (including phenoxy) is 1. The molecular weight excluding hydrogens is 270 g/mol. The van der Waals surface area contributed by atoms with Crippen molar-refractivity contribution < 1.29 is 9.53 Å². The van der Waals surface area contributed by atoms with Gasteiger partial charge in [-0.1, -0.05) is 35.0 Å². The molecule has 0 bridgehead atoms. The van der Waals surface area contributed by atoms with Crippen LogP contribution in [0, 0.1) is 17.2 Å². The Bertz CT molecular complexity index is 412. The van der Waals surface area contributed by atoms with Crippen LogP contribution in [0.5, 0.6) is 0 Å². The number of benzene rings is 1. The summed E-state index contributed by atoms with van der Waals surface area (Å²) in [5.74, 6) is -0.696. The lowest BCUT2D eigenvalue weighted by Crippen LogP contribution is -2.14. The molecule has 0 fully saturated rings. The minimum atomic E-state index is -0.364. The average Bonchev–Trinajstić information content (AvgIpc) is 2.26. The molecule has 1 aromatic rings. The third-order valence-corrected chi connectivity index (χ3v) is 2.56. The summed E-state index contributed by atoms with van der Waals surface area (Å²) in [7, 11) is 0. The molecular formula is C12H12BrNO2. The molecule has 0 spiro atoms. The highest BCUT2D eigenvalue weighted by Crippen LogP contribution is 2.13. The SMILES string of the molecule is CC(CC#N)C(=O)OCc1cccc(Br)c1. The summed E-state index contributed by atoms with van der Waals surface area (Å²) in [5, 5.41) is 8.44. The molecule has 0 amide bonds. The number of carbonyl (C=O) groups is 1. The summed E-state index contributed by atoms with van der Waals surface area (Å²) < 4.78 is 6.04. The molecule has 1 aromatic carbocycles. The lowest BCUT2D eigenvalue weighted by molar-refractivity contribution is -0.149. The van der Waals surface area contributed by atoms with E-state index in [4.69, 9.17) is 10.00 Å². The van der Waals surface area contributed by atoms with Crippen LogP contribution < -0.4 is 0 Å². The van der Waals surface area contributed by atoms with E-state index in [9.17, 15) is 4.79 Å². The maximum absolute atomic E-state index is 11.4. The highest BCUT2D eigenvalue weighted by Gasteiger charge is 2.13. The summed E-state index contributed by atoms with van der Waals surface area (Å²) in [6, 6.07) is 9.51. The zero-order chi connectivity index (χ0) is 12.0. The van der Waals surface area contributed by atoms with Crippen molar-refractivity contribution in [1.82, 2.24) is 0 Å². The molecule has 0 aliphatic carbocycles. The van der Waals surface area contributed by atoms with E-state index in [0.717, 1.165) is 10.0 Å². The largest absolute Gasteiger partial charge is 0.461 e. The second-order valence-corrected chi connectivity index (χ2v) is 4.42. The molecule has 16 heavy (non-hydrogen) atoms. The highest BCUT2D eigenvalue weighted by molar-refractivity contribution is 9.10. The minimum Gasteiger partial charge on any atom is -0.461 e. The van der Waals surface area contributed by atoms with E-state index >= 15 is 0 Å². The van der Waals surface area contributed by atoms with Gasteiger partial charge in [0.2, 0.25) is 0 Å². The summed E-state index contributed by atoms with van der Waals surface area (Å²) in [6.45, 7) is 1.93. The number of nitrogens with zero attached hydrogens (tertiary/aromatic N) is 1. The summed E-state index contributed by atoms with van der Waals surface area (Å²) >= 11 is 3.34. The number of rotatable bonds is 4. The molecule has 1 atom stereocenters. The average molecular weight is 282 g/mol. The Morgan fingerprint density at radius 2 is 2.38 bits per heavy atom. The van der Waals surface area contributed by atoms with Gasteiger partial charge in [-0.25, -0.2) is 0 Å². The van der Waals surface area contributed by atoms with Crippen molar-refractivity contribution in [3.05, 3.63) is 34.3 Å². The van der Waals surface area contributed by atoms with E-state index < -0.39 is 0 Å². The fraction of sp³-hybridized carbons (Fsp3) is 0.333. The lowest BCUT2D eigenvalue weighted by Gasteiger charge is -2.08. The van der Waals surface area contributed by atoms with Gasteiger partial charge in [0.15, 0.2) is 0 Å². The number of hydrogen-bond acceptors (Lipinski definition) is 3. The fourth-order valence-electron chi connectivity index (χ4n) is 1.14. The van der Waals surface area contributed by atoms with E-state index in [1.165, 1.54) is 0 Å². The molecule has 0 N–H and O–H groups in total. The molecule has 84 valence electrons. The molecule has 0 aromatic heterocycles. The highest BCUT2D eigenvalue weighted by atomic mass is 79.9. The van der Waals surface area contributed by atoms with Crippen molar-refractivity contribution in [2.45, 2.75) is 20.0 Å². The molecule has 0 saturated carbocycles. The van der Waals surface area contributed by atoms with Gasteiger partial charge < -0.3 is 4.74 Å². The third kappa shape index (κ3) is 4.03. The van der Waals surface area contributed by atoms with Crippen molar-refractivity contribution in [1.29, 1.82) is 5.26 Å². The monoisotopic (exact) mass is 281 g/mol. The molecule has 1 unspecified atom stereocenters. The van der Waals surface area contributed by atoms with Crippen LogP contribution in [-0.2, 0) is 16.1 Å².